The second-order valence-electron chi connectivity index (χ2n) is 3.83. The molecule has 64 valence electrons. The van der Waals surface area contributed by atoms with Crippen molar-refractivity contribution in [3.63, 3.8) is 0 Å². The van der Waals surface area contributed by atoms with Crippen molar-refractivity contribution in [1.29, 1.82) is 0 Å². The summed E-state index contributed by atoms with van der Waals surface area (Å²) in [6.07, 6.45) is 2.75. The summed E-state index contributed by atoms with van der Waals surface area (Å²) in [5, 5.41) is 0. The lowest BCUT2D eigenvalue weighted by Gasteiger charge is -2.33. The van der Waals surface area contributed by atoms with Gasteiger partial charge in [-0.1, -0.05) is 35.0 Å². The molecule has 1 aliphatic rings. The van der Waals surface area contributed by atoms with Crippen molar-refractivity contribution in [2.75, 3.05) is 0 Å². The Morgan fingerprint density at radius 3 is 2.25 bits per heavy atom. The standard InChI is InChI=1S/C11H13Br/c1-8-6-10(7-8)9-2-4-11(12)5-3-9/h2-5,8,10H,6-7H2,1H3. The van der Waals surface area contributed by atoms with Gasteiger partial charge in [-0.15, -0.1) is 0 Å². The van der Waals surface area contributed by atoms with E-state index in [0.717, 1.165) is 11.8 Å². The smallest absolute Gasteiger partial charge is 0.0175 e. The Morgan fingerprint density at radius 1 is 1.17 bits per heavy atom. The van der Waals surface area contributed by atoms with Crippen molar-refractivity contribution in [2.45, 2.75) is 25.7 Å². The largest absolute Gasteiger partial charge is 0.0625 e. The molecule has 0 radical (unpaired) electrons. The molecule has 0 aliphatic heterocycles. The van der Waals surface area contributed by atoms with Gasteiger partial charge in [-0.25, -0.2) is 0 Å². The van der Waals surface area contributed by atoms with Crippen LogP contribution in [0.1, 0.15) is 31.2 Å². The third-order valence-corrected chi connectivity index (χ3v) is 3.24. The molecule has 1 aromatic carbocycles. The van der Waals surface area contributed by atoms with Crippen molar-refractivity contribution in [3.05, 3.63) is 34.3 Å². The first-order chi connectivity index (χ1) is 5.75. The van der Waals surface area contributed by atoms with Gasteiger partial charge in [0.2, 0.25) is 0 Å². The van der Waals surface area contributed by atoms with E-state index < -0.39 is 0 Å². The molecule has 0 unspecified atom stereocenters. The van der Waals surface area contributed by atoms with Crippen LogP contribution in [0.15, 0.2) is 28.7 Å². The van der Waals surface area contributed by atoms with Crippen LogP contribution in [-0.4, -0.2) is 0 Å². The maximum absolute atomic E-state index is 3.45. The Labute approximate surface area is 82.1 Å². The molecule has 0 heterocycles. The summed E-state index contributed by atoms with van der Waals surface area (Å²) in [5.74, 6) is 1.78. The molecule has 0 atom stereocenters. The van der Waals surface area contributed by atoms with Crippen molar-refractivity contribution in [3.8, 4) is 0 Å². The molecule has 0 amide bonds. The van der Waals surface area contributed by atoms with Crippen molar-refractivity contribution < 1.29 is 0 Å². The first-order valence-corrected chi connectivity index (χ1v) is 5.30. The van der Waals surface area contributed by atoms with E-state index in [9.17, 15) is 0 Å². The zero-order chi connectivity index (χ0) is 8.55. The third kappa shape index (κ3) is 1.56. The topological polar surface area (TPSA) is 0 Å². The first kappa shape index (κ1) is 8.31. The molecular weight excluding hydrogens is 212 g/mol. The molecule has 0 spiro atoms. The summed E-state index contributed by atoms with van der Waals surface area (Å²) in [4.78, 5) is 0. The molecule has 1 heteroatoms. The van der Waals surface area contributed by atoms with Crippen molar-refractivity contribution in [1.82, 2.24) is 0 Å². The fraction of sp³-hybridized carbons (Fsp3) is 0.455. The van der Waals surface area contributed by atoms with Crippen LogP contribution in [0.2, 0.25) is 0 Å². The van der Waals surface area contributed by atoms with Gasteiger partial charge in [-0.2, -0.15) is 0 Å². The zero-order valence-corrected chi connectivity index (χ0v) is 8.84. The van der Waals surface area contributed by atoms with Crippen LogP contribution >= 0.6 is 15.9 Å². The number of hydrogen-bond donors (Lipinski definition) is 0. The second kappa shape index (κ2) is 3.21. The Balaban J connectivity index is 2.09. The minimum absolute atomic E-state index is 0.841. The molecule has 2 rings (SSSR count). The van der Waals surface area contributed by atoms with Crippen molar-refractivity contribution in [2.24, 2.45) is 5.92 Å². The average molecular weight is 225 g/mol. The van der Waals surface area contributed by atoms with Gasteiger partial charge in [0.05, 0.1) is 0 Å². The van der Waals surface area contributed by atoms with Gasteiger partial charge in [-0.3, -0.25) is 0 Å². The fourth-order valence-electron chi connectivity index (χ4n) is 1.91. The molecular formula is C11H13Br. The van der Waals surface area contributed by atoms with E-state index >= 15 is 0 Å². The Bertz CT molecular complexity index is 257. The molecule has 1 aromatic rings. The average Bonchev–Trinajstić information content (AvgIpc) is 2.01. The third-order valence-electron chi connectivity index (χ3n) is 2.72. The Morgan fingerprint density at radius 2 is 1.75 bits per heavy atom. The molecule has 12 heavy (non-hydrogen) atoms. The first-order valence-electron chi connectivity index (χ1n) is 4.51. The molecule has 0 N–H and O–H groups in total. The molecule has 1 aliphatic carbocycles. The highest BCUT2D eigenvalue weighted by molar-refractivity contribution is 9.10. The minimum Gasteiger partial charge on any atom is -0.0625 e. The predicted octanol–water partition coefficient (Wildman–Crippen LogP) is 3.96. The van der Waals surface area contributed by atoms with Gasteiger partial charge >= 0.3 is 0 Å². The number of halogens is 1. The summed E-state index contributed by atoms with van der Waals surface area (Å²) in [7, 11) is 0. The van der Waals surface area contributed by atoms with Crippen LogP contribution in [0.3, 0.4) is 0 Å². The molecule has 1 fully saturated rings. The van der Waals surface area contributed by atoms with Crippen LogP contribution in [0.25, 0.3) is 0 Å². The summed E-state index contributed by atoms with van der Waals surface area (Å²) < 4.78 is 1.18. The molecule has 0 saturated heterocycles. The molecule has 0 bridgehead atoms. The van der Waals surface area contributed by atoms with E-state index in [1.165, 1.54) is 22.9 Å². The van der Waals surface area contributed by atoms with Crippen LogP contribution in [-0.2, 0) is 0 Å². The molecule has 0 nitrogen and oxygen atoms in total. The van der Waals surface area contributed by atoms with E-state index in [1.807, 2.05) is 0 Å². The van der Waals surface area contributed by atoms with Gasteiger partial charge in [0.1, 0.15) is 0 Å². The SMILES string of the molecule is CC1CC(c2ccc(Br)cc2)C1. The van der Waals surface area contributed by atoms with Crippen LogP contribution in [0.5, 0.6) is 0 Å². The summed E-state index contributed by atoms with van der Waals surface area (Å²) in [6, 6.07) is 8.75. The Kier molecular flexibility index (Phi) is 2.22. The van der Waals surface area contributed by atoms with Crippen LogP contribution < -0.4 is 0 Å². The lowest BCUT2D eigenvalue weighted by Crippen LogP contribution is -2.18. The molecule has 1 saturated carbocycles. The number of benzene rings is 1. The molecule has 0 aromatic heterocycles. The van der Waals surface area contributed by atoms with E-state index in [1.54, 1.807) is 0 Å². The summed E-state index contributed by atoms with van der Waals surface area (Å²) in [5.41, 5.74) is 1.51. The maximum Gasteiger partial charge on any atom is 0.0175 e. The number of rotatable bonds is 1. The summed E-state index contributed by atoms with van der Waals surface area (Å²) >= 11 is 3.45. The van der Waals surface area contributed by atoms with Gasteiger partial charge in [-0.05, 0) is 42.4 Å². The van der Waals surface area contributed by atoms with E-state index in [-0.39, 0.29) is 0 Å². The second-order valence-corrected chi connectivity index (χ2v) is 4.74. The Hall–Kier alpha value is -0.300. The fourth-order valence-corrected chi connectivity index (χ4v) is 2.17. The highest BCUT2D eigenvalue weighted by Crippen LogP contribution is 2.41. The highest BCUT2D eigenvalue weighted by Gasteiger charge is 2.26. The van der Waals surface area contributed by atoms with Crippen LogP contribution in [0.4, 0.5) is 0 Å². The van der Waals surface area contributed by atoms with Crippen molar-refractivity contribution >= 4 is 15.9 Å². The number of hydrogen-bond acceptors (Lipinski definition) is 0. The quantitative estimate of drug-likeness (QED) is 0.678. The normalized spacial score (nSPS) is 28.2. The maximum atomic E-state index is 3.45. The van der Waals surface area contributed by atoms with E-state index in [0.29, 0.717) is 0 Å². The minimum atomic E-state index is 0.841. The van der Waals surface area contributed by atoms with Gasteiger partial charge < -0.3 is 0 Å². The lowest BCUT2D eigenvalue weighted by atomic mass is 9.72. The van der Waals surface area contributed by atoms with E-state index in [2.05, 4.69) is 47.1 Å². The summed E-state index contributed by atoms with van der Waals surface area (Å²) in [6.45, 7) is 2.33. The van der Waals surface area contributed by atoms with E-state index in [4.69, 9.17) is 0 Å². The van der Waals surface area contributed by atoms with Crippen LogP contribution in [0, 0.1) is 5.92 Å². The van der Waals surface area contributed by atoms with Gasteiger partial charge in [0, 0.05) is 4.47 Å². The van der Waals surface area contributed by atoms with Gasteiger partial charge in [0.15, 0.2) is 0 Å². The highest BCUT2D eigenvalue weighted by atomic mass is 79.9. The van der Waals surface area contributed by atoms with Gasteiger partial charge in [0.25, 0.3) is 0 Å². The predicted molar refractivity (Wildman–Crippen MR) is 55.3 cm³/mol. The monoisotopic (exact) mass is 224 g/mol. The zero-order valence-electron chi connectivity index (χ0n) is 7.26. The lowest BCUT2D eigenvalue weighted by molar-refractivity contribution is 0.288.